The predicted octanol–water partition coefficient (Wildman–Crippen LogP) is 0.795. The number of rotatable bonds is 6. The van der Waals surface area contributed by atoms with Crippen LogP contribution in [0.3, 0.4) is 0 Å². The van der Waals surface area contributed by atoms with Gasteiger partial charge in [0.25, 0.3) is 0 Å². The van der Waals surface area contributed by atoms with Crippen LogP contribution < -0.4 is 5.73 Å². The van der Waals surface area contributed by atoms with Crippen LogP contribution in [-0.4, -0.2) is 32.3 Å². The van der Waals surface area contributed by atoms with E-state index in [1.54, 1.807) is 14.0 Å². The lowest BCUT2D eigenvalue weighted by Crippen LogP contribution is -2.33. The van der Waals surface area contributed by atoms with Crippen LogP contribution in [-0.2, 0) is 14.3 Å². The predicted molar refractivity (Wildman–Crippen MR) is 54.8 cm³/mol. The number of hydrogen-bond acceptors (Lipinski definition) is 4. The molecule has 2 unspecified atom stereocenters. The van der Waals surface area contributed by atoms with Gasteiger partial charge in [0.05, 0.1) is 12.5 Å². The second-order valence-corrected chi connectivity index (χ2v) is 3.79. The zero-order chi connectivity index (χ0) is 11.1. The van der Waals surface area contributed by atoms with Gasteiger partial charge in [0.2, 0.25) is 0 Å². The van der Waals surface area contributed by atoms with E-state index in [0.717, 1.165) is 0 Å². The molecule has 2 atom stereocenters. The third kappa shape index (κ3) is 4.58. The van der Waals surface area contributed by atoms with Gasteiger partial charge in [-0.05, 0) is 12.8 Å². The van der Waals surface area contributed by atoms with E-state index in [2.05, 4.69) is 0 Å². The van der Waals surface area contributed by atoms with Gasteiger partial charge in [0.1, 0.15) is 6.10 Å². The van der Waals surface area contributed by atoms with Crippen molar-refractivity contribution in [2.75, 3.05) is 20.3 Å². The van der Waals surface area contributed by atoms with Gasteiger partial charge in [-0.2, -0.15) is 0 Å². The highest BCUT2D eigenvalue weighted by molar-refractivity contribution is 5.73. The minimum atomic E-state index is -0.230. The van der Waals surface area contributed by atoms with Crippen LogP contribution in [0.4, 0.5) is 0 Å². The summed E-state index contributed by atoms with van der Waals surface area (Å²) >= 11 is 0. The molecule has 0 spiro atoms. The zero-order valence-electron chi connectivity index (χ0n) is 9.45. The van der Waals surface area contributed by atoms with Crippen LogP contribution in [0.1, 0.15) is 20.8 Å². The molecular weight excluding hydrogens is 182 g/mol. The summed E-state index contributed by atoms with van der Waals surface area (Å²) in [5, 5.41) is 0. The summed E-state index contributed by atoms with van der Waals surface area (Å²) in [6.07, 6.45) is -0.208. The van der Waals surface area contributed by atoms with Gasteiger partial charge in [-0.1, -0.05) is 13.8 Å². The van der Waals surface area contributed by atoms with E-state index in [4.69, 9.17) is 15.2 Å². The van der Waals surface area contributed by atoms with Gasteiger partial charge in [0, 0.05) is 13.7 Å². The highest BCUT2D eigenvalue weighted by atomic mass is 16.6. The van der Waals surface area contributed by atoms with Crippen LogP contribution in [0.15, 0.2) is 0 Å². The molecule has 0 aromatic carbocycles. The average Bonchev–Trinajstić information content (AvgIpc) is 2.04. The van der Waals surface area contributed by atoms with Crippen LogP contribution >= 0.6 is 0 Å². The molecule has 84 valence electrons. The molecule has 4 nitrogen and oxygen atoms in total. The molecule has 0 saturated heterocycles. The van der Waals surface area contributed by atoms with Gasteiger partial charge in [-0.3, -0.25) is 4.79 Å². The number of carbonyl (C=O) groups is 1. The second-order valence-electron chi connectivity index (χ2n) is 3.79. The number of nitrogens with two attached hydrogens (primary N) is 1. The van der Waals surface area contributed by atoms with Gasteiger partial charge >= 0.3 is 5.97 Å². The molecule has 0 aliphatic carbocycles. The minimum absolute atomic E-state index is 0.208. The Morgan fingerprint density at radius 2 is 1.93 bits per heavy atom. The van der Waals surface area contributed by atoms with E-state index in [9.17, 15) is 4.79 Å². The SMILES string of the molecule is COCC(C)OC(=O)C(CN)C(C)C. The van der Waals surface area contributed by atoms with Crippen molar-refractivity contribution in [3.05, 3.63) is 0 Å². The smallest absolute Gasteiger partial charge is 0.310 e. The molecular formula is C10H21NO3. The minimum Gasteiger partial charge on any atom is -0.460 e. The first kappa shape index (κ1) is 13.4. The monoisotopic (exact) mass is 203 g/mol. The Labute approximate surface area is 85.8 Å². The van der Waals surface area contributed by atoms with Crippen molar-refractivity contribution in [3.8, 4) is 0 Å². The Morgan fingerprint density at radius 3 is 2.29 bits per heavy atom. The van der Waals surface area contributed by atoms with Crippen LogP contribution in [0.25, 0.3) is 0 Å². The fraction of sp³-hybridized carbons (Fsp3) is 0.900. The quantitative estimate of drug-likeness (QED) is 0.648. The first-order chi connectivity index (χ1) is 6.52. The lowest BCUT2D eigenvalue weighted by Gasteiger charge is -2.20. The van der Waals surface area contributed by atoms with E-state index < -0.39 is 0 Å². The molecule has 14 heavy (non-hydrogen) atoms. The Balaban J connectivity index is 4.04. The van der Waals surface area contributed by atoms with Crippen LogP contribution in [0.2, 0.25) is 0 Å². The Bertz CT molecular complexity index is 171. The van der Waals surface area contributed by atoms with Crippen LogP contribution in [0.5, 0.6) is 0 Å². The highest BCUT2D eigenvalue weighted by Gasteiger charge is 2.23. The molecule has 0 radical (unpaired) electrons. The van der Waals surface area contributed by atoms with E-state index in [1.165, 1.54) is 0 Å². The van der Waals surface area contributed by atoms with Crippen molar-refractivity contribution in [1.82, 2.24) is 0 Å². The molecule has 0 bridgehead atoms. The number of esters is 1. The molecule has 0 saturated carbocycles. The lowest BCUT2D eigenvalue weighted by molar-refractivity contribution is -0.156. The van der Waals surface area contributed by atoms with Crippen molar-refractivity contribution >= 4 is 5.97 Å². The number of hydrogen-bond donors (Lipinski definition) is 1. The maximum atomic E-state index is 11.5. The van der Waals surface area contributed by atoms with Crippen molar-refractivity contribution in [2.45, 2.75) is 26.9 Å². The molecule has 0 fully saturated rings. The van der Waals surface area contributed by atoms with Crippen molar-refractivity contribution in [3.63, 3.8) is 0 Å². The third-order valence-electron chi connectivity index (χ3n) is 2.08. The Morgan fingerprint density at radius 1 is 1.36 bits per heavy atom. The first-order valence-electron chi connectivity index (χ1n) is 4.92. The van der Waals surface area contributed by atoms with Gasteiger partial charge in [-0.25, -0.2) is 0 Å². The second kappa shape index (κ2) is 6.79. The van der Waals surface area contributed by atoms with E-state index in [0.29, 0.717) is 13.2 Å². The highest BCUT2D eigenvalue weighted by Crippen LogP contribution is 2.12. The summed E-state index contributed by atoms with van der Waals surface area (Å²) in [6, 6.07) is 0. The van der Waals surface area contributed by atoms with E-state index in [-0.39, 0.29) is 23.9 Å². The number of carbonyl (C=O) groups excluding carboxylic acids is 1. The van der Waals surface area contributed by atoms with E-state index >= 15 is 0 Å². The van der Waals surface area contributed by atoms with Gasteiger partial charge in [0.15, 0.2) is 0 Å². The molecule has 2 N–H and O–H groups in total. The maximum absolute atomic E-state index is 11.5. The molecule has 0 aliphatic heterocycles. The summed E-state index contributed by atoms with van der Waals surface area (Å²) in [5.74, 6) is -0.233. The molecule has 0 aromatic heterocycles. The third-order valence-corrected chi connectivity index (χ3v) is 2.08. The standard InChI is InChI=1S/C10H21NO3/c1-7(2)9(5-11)10(12)14-8(3)6-13-4/h7-9H,5-6,11H2,1-4H3. The average molecular weight is 203 g/mol. The molecule has 0 heterocycles. The van der Waals surface area contributed by atoms with Crippen molar-refractivity contribution in [1.29, 1.82) is 0 Å². The Kier molecular flexibility index (Phi) is 6.49. The molecule has 0 aromatic rings. The maximum Gasteiger partial charge on any atom is 0.310 e. The van der Waals surface area contributed by atoms with Crippen molar-refractivity contribution < 1.29 is 14.3 Å². The fourth-order valence-corrected chi connectivity index (χ4v) is 1.19. The zero-order valence-corrected chi connectivity index (χ0v) is 9.45. The molecule has 0 aliphatic rings. The summed E-state index contributed by atoms with van der Waals surface area (Å²) in [6.45, 7) is 6.46. The topological polar surface area (TPSA) is 61.5 Å². The molecule has 4 heteroatoms. The van der Waals surface area contributed by atoms with E-state index in [1.807, 2.05) is 13.8 Å². The number of ether oxygens (including phenoxy) is 2. The summed E-state index contributed by atoms with van der Waals surface area (Å²) in [4.78, 5) is 11.5. The molecule has 0 amide bonds. The fourth-order valence-electron chi connectivity index (χ4n) is 1.19. The normalized spacial score (nSPS) is 15.3. The molecule has 0 rings (SSSR count). The van der Waals surface area contributed by atoms with Crippen LogP contribution in [0, 0.1) is 11.8 Å². The lowest BCUT2D eigenvalue weighted by atomic mass is 9.96. The Hall–Kier alpha value is -0.610. The van der Waals surface area contributed by atoms with Gasteiger partial charge in [-0.15, -0.1) is 0 Å². The van der Waals surface area contributed by atoms with Crippen molar-refractivity contribution in [2.24, 2.45) is 17.6 Å². The van der Waals surface area contributed by atoms with Gasteiger partial charge < -0.3 is 15.2 Å². The summed E-state index contributed by atoms with van der Waals surface area (Å²) in [5.41, 5.74) is 5.49. The first-order valence-corrected chi connectivity index (χ1v) is 4.92. The summed E-state index contributed by atoms with van der Waals surface area (Å²) in [7, 11) is 1.58. The summed E-state index contributed by atoms with van der Waals surface area (Å²) < 4.78 is 10.0. The largest absolute Gasteiger partial charge is 0.460 e. The number of methoxy groups -OCH3 is 1.